The first-order chi connectivity index (χ1) is 6.88. The lowest BCUT2D eigenvalue weighted by atomic mass is 10.1. The summed E-state index contributed by atoms with van der Waals surface area (Å²) in [6, 6.07) is 10.6. The number of hydrogen-bond acceptors (Lipinski definition) is 1. The largest absolute Gasteiger partial charge is 0.374 e. The Balaban J connectivity index is 1.88. The first-order valence-corrected chi connectivity index (χ1v) is 6.66. The van der Waals surface area contributed by atoms with E-state index in [1.807, 2.05) is 0 Å². The van der Waals surface area contributed by atoms with E-state index in [0.29, 0.717) is 12.2 Å². The molecule has 0 spiro atoms. The number of rotatable bonds is 3. The van der Waals surface area contributed by atoms with Crippen molar-refractivity contribution in [3.05, 3.63) is 35.9 Å². The van der Waals surface area contributed by atoms with Crippen molar-refractivity contribution < 1.29 is 4.74 Å². The van der Waals surface area contributed by atoms with Gasteiger partial charge in [-0.25, -0.2) is 0 Å². The second-order valence-electron chi connectivity index (χ2n) is 3.80. The molecular weight excluding hydrogens is 287 g/mol. The molecule has 2 heteroatoms. The average molecular weight is 302 g/mol. The van der Waals surface area contributed by atoms with Crippen molar-refractivity contribution in [1.29, 1.82) is 0 Å². The van der Waals surface area contributed by atoms with Crippen LogP contribution in [0.5, 0.6) is 0 Å². The Kier molecular flexibility index (Phi) is 3.81. The molecule has 0 saturated carbocycles. The predicted octanol–water partition coefficient (Wildman–Crippen LogP) is 3.21. The molecule has 1 nitrogen and oxygen atoms in total. The van der Waals surface area contributed by atoms with Crippen LogP contribution in [0.4, 0.5) is 0 Å². The van der Waals surface area contributed by atoms with Crippen LogP contribution in [0.3, 0.4) is 0 Å². The zero-order chi connectivity index (χ0) is 9.80. The maximum atomic E-state index is 5.91. The number of halogens is 1. The number of ether oxygens (including phenoxy) is 1. The van der Waals surface area contributed by atoms with Crippen LogP contribution in [0.2, 0.25) is 0 Å². The number of benzene rings is 1. The Labute approximate surface area is 99.0 Å². The summed E-state index contributed by atoms with van der Waals surface area (Å²) in [5.41, 5.74) is 1.40. The summed E-state index contributed by atoms with van der Waals surface area (Å²) in [6.45, 7) is 0. The Bertz CT molecular complexity index is 273. The highest BCUT2D eigenvalue weighted by atomic mass is 127. The van der Waals surface area contributed by atoms with Crippen molar-refractivity contribution in [2.45, 2.75) is 31.5 Å². The minimum Gasteiger partial charge on any atom is -0.374 e. The Hall–Kier alpha value is -0.0900. The van der Waals surface area contributed by atoms with Crippen molar-refractivity contribution >= 4 is 22.6 Å². The van der Waals surface area contributed by atoms with Crippen LogP contribution >= 0.6 is 22.6 Å². The summed E-state index contributed by atoms with van der Waals surface area (Å²) >= 11 is 2.41. The quantitative estimate of drug-likeness (QED) is 0.615. The third-order valence-corrected chi connectivity index (χ3v) is 3.66. The molecule has 0 bridgehead atoms. The van der Waals surface area contributed by atoms with E-state index in [1.165, 1.54) is 18.4 Å². The van der Waals surface area contributed by atoms with Crippen LogP contribution in [0.25, 0.3) is 0 Å². The maximum Gasteiger partial charge on any atom is 0.0669 e. The van der Waals surface area contributed by atoms with Gasteiger partial charge in [-0.05, 0) is 24.8 Å². The zero-order valence-corrected chi connectivity index (χ0v) is 10.3. The van der Waals surface area contributed by atoms with Crippen LogP contribution < -0.4 is 0 Å². The molecule has 1 heterocycles. The summed E-state index contributed by atoms with van der Waals surface area (Å²) in [5, 5.41) is 0. The third-order valence-electron chi connectivity index (χ3n) is 2.67. The molecule has 1 aliphatic rings. The molecule has 1 aromatic carbocycles. The standard InChI is InChI=1S/C12H15IO/c13-9-12-7-6-11(14-12)8-10-4-2-1-3-5-10/h1-5,11-12H,6-9H2. The fourth-order valence-electron chi connectivity index (χ4n) is 1.92. The van der Waals surface area contributed by atoms with Crippen molar-refractivity contribution in [2.24, 2.45) is 0 Å². The molecule has 2 atom stereocenters. The molecule has 14 heavy (non-hydrogen) atoms. The smallest absolute Gasteiger partial charge is 0.0669 e. The summed E-state index contributed by atoms with van der Waals surface area (Å²) in [4.78, 5) is 0. The lowest BCUT2D eigenvalue weighted by molar-refractivity contribution is 0.0605. The van der Waals surface area contributed by atoms with Crippen LogP contribution in [0, 0.1) is 0 Å². The van der Waals surface area contributed by atoms with E-state index in [0.717, 1.165) is 10.8 Å². The molecule has 76 valence electrons. The molecule has 1 saturated heterocycles. The van der Waals surface area contributed by atoms with E-state index in [2.05, 4.69) is 52.9 Å². The highest BCUT2D eigenvalue weighted by Gasteiger charge is 2.23. The minimum absolute atomic E-state index is 0.456. The Morgan fingerprint density at radius 2 is 1.86 bits per heavy atom. The molecule has 1 fully saturated rings. The third kappa shape index (κ3) is 2.70. The van der Waals surface area contributed by atoms with Gasteiger partial charge in [0.2, 0.25) is 0 Å². The SMILES string of the molecule is ICC1CCC(Cc2ccccc2)O1. The molecule has 1 aliphatic heterocycles. The molecular formula is C12H15IO. The van der Waals surface area contributed by atoms with Crippen molar-refractivity contribution in [3.8, 4) is 0 Å². The van der Waals surface area contributed by atoms with E-state index >= 15 is 0 Å². The Morgan fingerprint density at radius 1 is 1.14 bits per heavy atom. The zero-order valence-electron chi connectivity index (χ0n) is 8.16. The summed E-state index contributed by atoms with van der Waals surface area (Å²) < 4.78 is 7.04. The van der Waals surface area contributed by atoms with Gasteiger partial charge in [-0.2, -0.15) is 0 Å². The topological polar surface area (TPSA) is 9.23 Å². The number of hydrogen-bond donors (Lipinski definition) is 0. The average Bonchev–Trinajstić information content (AvgIpc) is 2.67. The fourth-order valence-corrected chi connectivity index (χ4v) is 2.57. The molecule has 0 aliphatic carbocycles. The molecule has 1 aromatic rings. The maximum absolute atomic E-state index is 5.91. The van der Waals surface area contributed by atoms with E-state index < -0.39 is 0 Å². The van der Waals surface area contributed by atoms with Crippen molar-refractivity contribution in [2.75, 3.05) is 4.43 Å². The monoisotopic (exact) mass is 302 g/mol. The highest BCUT2D eigenvalue weighted by molar-refractivity contribution is 14.1. The molecule has 2 unspecified atom stereocenters. The summed E-state index contributed by atoms with van der Waals surface area (Å²) in [6.07, 6.45) is 4.50. The Morgan fingerprint density at radius 3 is 2.50 bits per heavy atom. The first kappa shape index (κ1) is 10.4. The van der Waals surface area contributed by atoms with Crippen molar-refractivity contribution in [3.63, 3.8) is 0 Å². The minimum atomic E-state index is 0.456. The molecule has 0 aromatic heterocycles. The van der Waals surface area contributed by atoms with Crippen LogP contribution in [0.1, 0.15) is 18.4 Å². The van der Waals surface area contributed by atoms with Crippen LogP contribution in [-0.4, -0.2) is 16.6 Å². The second kappa shape index (κ2) is 5.12. The molecule has 0 amide bonds. The lowest BCUT2D eigenvalue weighted by Crippen LogP contribution is -2.14. The van der Waals surface area contributed by atoms with Gasteiger partial charge < -0.3 is 4.74 Å². The van der Waals surface area contributed by atoms with Gasteiger partial charge >= 0.3 is 0 Å². The van der Waals surface area contributed by atoms with Crippen molar-refractivity contribution in [1.82, 2.24) is 0 Å². The van der Waals surface area contributed by atoms with E-state index in [-0.39, 0.29) is 0 Å². The highest BCUT2D eigenvalue weighted by Crippen LogP contribution is 2.23. The van der Waals surface area contributed by atoms with Gasteiger partial charge in [0.05, 0.1) is 12.2 Å². The molecule has 2 rings (SSSR count). The summed E-state index contributed by atoms with van der Waals surface area (Å²) in [7, 11) is 0. The predicted molar refractivity (Wildman–Crippen MR) is 66.9 cm³/mol. The van der Waals surface area contributed by atoms with E-state index in [1.54, 1.807) is 0 Å². The summed E-state index contributed by atoms with van der Waals surface area (Å²) in [5.74, 6) is 0. The van der Waals surface area contributed by atoms with Gasteiger partial charge in [0.25, 0.3) is 0 Å². The number of alkyl halides is 1. The van der Waals surface area contributed by atoms with Gasteiger partial charge in [0.15, 0.2) is 0 Å². The van der Waals surface area contributed by atoms with Crippen LogP contribution in [0.15, 0.2) is 30.3 Å². The van der Waals surface area contributed by atoms with Crippen LogP contribution in [-0.2, 0) is 11.2 Å². The molecule has 0 N–H and O–H groups in total. The normalized spacial score (nSPS) is 26.6. The lowest BCUT2D eigenvalue weighted by Gasteiger charge is -2.11. The second-order valence-corrected chi connectivity index (χ2v) is 4.68. The van der Waals surface area contributed by atoms with Gasteiger partial charge in [0, 0.05) is 4.43 Å². The molecule has 0 radical (unpaired) electrons. The van der Waals surface area contributed by atoms with E-state index in [4.69, 9.17) is 4.74 Å². The van der Waals surface area contributed by atoms with Gasteiger partial charge in [-0.1, -0.05) is 52.9 Å². The fraction of sp³-hybridized carbons (Fsp3) is 0.500. The van der Waals surface area contributed by atoms with Gasteiger partial charge in [0.1, 0.15) is 0 Å². The first-order valence-electron chi connectivity index (χ1n) is 5.14. The van der Waals surface area contributed by atoms with Gasteiger partial charge in [-0.3, -0.25) is 0 Å². The van der Waals surface area contributed by atoms with E-state index in [9.17, 15) is 0 Å². The van der Waals surface area contributed by atoms with Gasteiger partial charge in [-0.15, -0.1) is 0 Å².